The Labute approximate surface area is 112 Å². The van der Waals surface area contributed by atoms with Crippen LogP contribution >= 0.6 is 15.9 Å². The highest BCUT2D eigenvalue weighted by molar-refractivity contribution is 9.10. The molecule has 0 radical (unpaired) electrons. The van der Waals surface area contributed by atoms with Crippen LogP contribution in [0.1, 0.15) is 18.7 Å². The number of nitrogens with zero attached hydrogens (tertiary/aromatic N) is 2. The maximum Gasteiger partial charge on any atom is 0.240 e. The summed E-state index contributed by atoms with van der Waals surface area (Å²) in [6.07, 6.45) is 2.65. The average Bonchev–Trinajstić information content (AvgIpc) is 3.06. The van der Waals surface area contributed by atoms with Crippen molar-refractivity contribution in [3.8, 4) is 17.1 Å². The fraction of sp³-hybridized carbons (Fsp3) is 0.333. The third-order valence-corrected chi connectivity index (χ3v) is 3.27. The van der Waals surface area contributed by atoms with Gasteiger partial charge < -0.3 is 15.0 Å². The van der Waals surface area contributed by atoms with Gasteiger partial charge in [-0.3, -0.25) is 0 Å². The zero-order chi connectivity index (χ0) is 12.5. The van der Waals surface area contributed by atoms with Crippen LogP contribution in [0.5, 0.6) is 5.75 Å². The van der Waals surface area contributed by atoms with Crippen LogP contribution in [0.3, 0.4) is 0 Å². The van der Waals surface area contributed by atoms with Crippen LogP contribution in [-0.4, -0.2) is 16.2 Å². The Kier molecular flexibility index (Phi) is 3.05. The normalized spacial score (nSPS) is 14.8. The molecule has 18 heavy (non-hydrogen) atoms. The van der Waals surface area contributed by atoms with Gasteiger partial charge in [0.25, 0.3) is 0 Å². The molecule has 1 fully saturated rings. The standard InChI is InChI=1S/C12H12BrN3O2/c13-9-5-7(12-15-11(6-14)18-16-12)1-4-10(9)17-8-2-3-8/h1,4-5,8H,2-3,6,14H2. The van der Waals surface area contributed by atoms with E-state index in [1.165, 1.54) is 0 Å². The molecule has 6 heteroatoms. The third-order valence-electron chi connectivity index (χ3n) is 2.65. The number of benzene rings is 1. The molecule has 1 aromatic carbocycles. The molecular weight excluding hydrogens is 298 g/mol. The van der Waals surface area contributed by atoms with Gasteiger partial charge >= 0.3 is 0 Å². The van der Waals surface area contributed by atoms with Crippen molar-refractivity contribution in [2.75, 3.05) is 0 Å². The molecule has 1 heterocycles. The van der Waals surface area contributed by atoms with Crippen molar-refractivity contribution in [1.29, 1.82) is 0 Å². The fourth-order valence-corrected chi connectivity index (χ4v) is 2.03. The zero-order valence-corrected chi connectivity index (χ0v) is 11.2. The summed E-state index contributed by atoms with van der Waals surface area (Å²) in [5.41, 5.74) is 6.30. The van der Waals surface area contributed by atoms with Gasteiger partial charge in [0.05, 0.1) is 17.1 Å². The van der Waals surface area contributed by atoms with Crippen LogP contribution in [0.25, 0.3) is 11.4 Å². The van der Waals surface area contributed by atoms with E-state index in [0.29, 0.717) is 17.8 Å². The van der Waals surface area contributed by atoms with Gasteiger partial charge in [0, 0.05) is 5.56 Å². The fourth-order valence-electron chi connectivity index (χ4n) is 1.56. The molecule has 2 N–H and O–H groups in total. The van der Waals surface area contributed by atoms with Crippen molar-refractivity contribution >= 4 is 15.9 Å². The number of hydrogen-bond donors (Lipinski definition) is 1. The SMILES string of the molecule is NCc1nc(-c2ccc(OC3CC3)c(Br)c2)no1. The van der Waals surface area contributed by atoms with E-state index in [-0.39, 0.29) is 6.54 Å². The molecule has 0 bridgehead atoms. The summed E-state index contributed by atoms with van der Waals surface area (Å²) in [7, 11) is 0. The molecule has 0 spiro atoms. The summed E-state index contributed by atoms with van der Waals surface area (Å²) in [6, 6.07) is 5.74. The minimum Gasteiger partial charge on any atom is -0.489 e. The first-order chi connectivity index (χ1) is 8.76. The van der Waals surface area contributed by atoms with E-state index in [0.717, 1.165) is 28.6 Å². The Bertz CT molecular complexity index is 566. The van der Waals surface area contributed by atoms with Gasteiger partial charge in [-0.25, -0.2) is 0 Å². The zero-order valence-electron chi connectivity index (χ0n) is 9.60. The third kappa shape index (κ3) is 2.39. The summed E-state index contributed by atoms with van der Waals surface area (Å²) >= 11 is 3.49. The van der Waals surface area contributed by atoms with Crippen LogP contribution < -0.4 is 10.5 Å². The second-order valence-corrected chi connectivity index (χ2v) is 5.03. The maximum absolute atomic E-state index is 5.74. The molecule has 0 saturated heterocycles. The molecule has 0 unspecified atom stereocenters. The topological polar surface area (TPSA) is 74.2 Å². The Morgan fingerprint density at radius 3 is 2.89 bits per heavy atom. The second kappa shape index (κ2) is 4.70. The van der Waals surface area contributed by atoms with Gasteiger partial charge in [-0.15, -0.1) is 0 Å². The molecule has 0 amide bonds. The minimum atomic E-state index is 0.247. The Balaban J connectivity index is 1.86. The Morgan fingerprint density at radius 1 is 1.44 bits per heavy atom. The highest BCUT2D eigenvalue weighted by atomic mass is 79.9. The number of halogens is 1. The van der Waals surface area contributed by atoms with Gasteiger partial charge in [0.15, 0.2) is 0 Å². The lowest BCUT2D eigenvalue weighted by molar-refractivity contribution is 0.301. The smallest absolute Gasteiger partial charge is 0.240 e. The molecule has 1 aromatic heterocycles. The van der Waals surface area contributed by atoms with Gasteiger partial charge in [0.1, 0.15) is 5.75 Å². The van der Waals surface area contributed by atoms with Crippen molar-refractivity contribution in [3.05, 3.63) is 28.6 Å². The van der Waals surface area contributed by atoms with E-state index < -0.39 is 0 Å². The lowest BCUT2D eigenvalue weighted by atomic mass is 10.2. The van der Waals surface area contributed by atoms with Crippen LogP contribution in [0, 0.1) is 0 Å². The van der Waals surface area contributed by atoms with Crippen LogP contribution in [0.15, 0.2) is 27.2 Å². The van der Waals surface area contributed by atoms with E-state index in [4.69, 9.17) is 15.0 Å². The van der Waals surface area contributed by atoms with Crippen molar-refractivity contribution in [2.24, 2.45) is 5.73 Å². The Hall–Kier alpha value is -1.40. The van der Waals surface area contributed by atoms with E-state index >= 15 is 0 Å². The summed E-state index contributed by atoms with van der Waals surface area (Å²) < 4.78 is 11.6. The lowest BCUT2D eigenvalue weighted by Crippen LogP contribution is -1.97. The van der Waals surface area contributed by atoms with Gasteiger partial charge in [0.2, 0.25) is 11.7 Å². The van der Waals surface area contributed by atoms with Crippen molar-refractivity contribution in [1.82, 2.24) is 10.1 Å². The molecule has 2 aromatic rings. The number of ether oxygens (including phenoxy) is 1. The predicted octanol–water partition coefficient (Wildman–Crippen LogP) is 2.50. The van der Waals surface area contributed by atoms with Crippen LogP contribution in [-0.2, 0) is 6.54 Å². The number of rotatable bonds is 4. The largest absolute Gasteiger partial charge is 0.489 e. The van der Waals surface area contributed by atoms with Crippen molar-refractivity contribution in [2.45, 2.75) is 25.5 Å². The predicted molar refractivity (Wildman–Crippen MR) is 69.0 cm³/mol. The van der Waals surface area contributed by atoms with E-state index in [2.05, 4.69) is 26.1 Å². The van der Waals surface area contributed by atoms with Crippen molar-refractivity contribution in [3.63, 3.8) is 0 Å². The number of hydrogen-bond acceptors (Lipinski definition) is 5. The quantitative estimate of drug-likeness (QED) is 0.939. The molecule has 0 aliphatic heterocycles. The first-order valence-electron chi connectivity index (χ1n) is 5.75. The molecule has 1 aliphatic carbocycles. The Morgan fingerprint density at radius 2 is 2.28 bits per heavy atom. The average molecular weight is 310 g/mol. The summed E-state index contributed by atoms with van der Waals surface area (Å²) in [5.74, 6) is 1.82. The molecule has 1 saturated carbocycles. The van der Waals surface area contributed by atoms with Crippen LogP contribution in [0.2, 0.25) is 0 Å². The minimum absolute atomic E-state index is 0.247. The van der Waals surface area contributed by atoms with E-state index in [1.54, 1.807) is 0 Å². The van der Waals surface area contributed by atoms with Gasteiger partial charge in [-0.1, -0.05) is 5.16 Å². The molecule has 5 nitrogen and oxygen atoms in total. The van der Waals surface area contributed by atoms with Crippen LogP contribution in [0.4, 0.5) is 0 Å². The first-order valence-corrected chi connectivity index (χ1v) is 6.55. The first kappa shape index (κ1) is 11.7. The van der Waals surface area contributed by atoms with Gasteiger partial charge in [-0.2, -0.15) is 4.98 Å². The summed E-state index contributed by atoms with van der Waals surface area (Å²) in [5, 5.41) is 3.87. The molecule has 94 valence electrons. The molecule has 0 atom stereocenters. The highest BCUT2D eigenvalue weighted by Crippen LogP contribution is 2.34. The second-order valence-electron chi connectivity index (χ2n) is 4.18. The number of nitrogens with two attached hydrogens (primary N) is 1. The summed E-state index contributed by atoms with van der Waals surface area (Å²) in [6.45, 7) is 0.247. The van der Waals surface area contributed by atoms with Gasteiger partial charge in [-0.05, 0) is 47.0 Å². The monoisotopic (exact) mass is 309 g/mol. The van der Waals surface area contributed by atoms with Crippen molar-refractivity contribution < 1.29 is 9.26 Å². The number of aromatic nitrogens is 2. The lowest BCUT2D eigenvalue weighted by Gasteiger charge is -2.07. The molecule has 3 rings (SSSR count). The van der Waals surface area contributed by atoms with E-state index in [1.807, 2.05) is 18.2 Å². The highest BCUT2D eigenvalue weighted by Gasteiger charge is 2.24. The van der Waals surface area contributed by atoms with E-state index in [9.17, 15) is 0 Å². The molecule has 1 aliphatic rings. The summed E-state index contributed by atoms with van der Waals surface area (Å²) in [4.78, 5) is 4.18. The molecular formula is C12H12BrN3O2. The maximum atomic E-state index is 5.74.